The molecule has 1 saturated heterocycles. The minimum atomic E-state index is -0.514. The number of nitrogens with one attached hydrogen (secondary N) is 1. The summed E-state index contributed by atoms with van der Waals surface area (Å²) in [5.41, 5.74) is 3.15. The topological polar surface area (TPSA) is 72.9 Å². The second-order valence-electron chi connectivity index (χ2n) is 6.72. The van der Waals surface area contributed by atoms with Crippen molar-refractivity contribution in [1.82, 2.24) is 15.3 Å². The van der Waals surface area contributed by atoms with Gasteiger partial charge in [-0.15, -0.1) is 11.3 Å². The van der Waals surface area contributed by atoms with Crippen LogP contribution in [0.3, 0.4) is 0 Å². The lowest BCUT2D eigenvalue weighted by Gasteiger charge is -2.44. The smallest absolute Gasteiger partial charge is 0.274 e. The van der Waals surface area contributed by atoms with E-state index >= 15 is 0 Å². The number of rotatable bonds is 4. The van der Waals surface area contributed by atoms with Gasteiger partial charge in [0.15, 0.2) is 0 Å². The number of thiophene rings is 1. The van der Waals surface area contributed by atoms with Crippen LogP contribution in [0.15, 0.2) is 41.8 Å². The summed E-state index contributed by atoms with van der Waals surface area (Å²) in [5, 5.41) is 10.6. The minimum absolute atomic E-state index is 0.110. The molecule has 2 heterocycles. The molecule has 1 aliphatic heterocycles. The molecular weight excluding hydrogens is 350 g/mol. The number of hydrogen-bond donors (Lipinski definition) is 2. The van der Waals surface area contributed by atoms with Gasteiger partial charge in [-0.2, -0.15) is 0 Å². The highest BCUT2D eigenvalue weighted by molar-refractivity contribution is 7.12. The lowest BCUT2D eigenvalue weighted by Crippen LogP contribution is -2.58. The van der Waals surface area contributed by atoms with Gasteiger partial charge < -0.3 is 4.90 Å². The lowest BCUT2D eigenvalue weighted by atomic mass is 10.1. The third-order valence-electron chi connectivity index (χ3n) is 4.68. The Bertz CT molecular complexity index is 749. The first kappa shape index (κ1) is 18.6. The van der Waals surface area contributed by atoms with Gasteiger partial charge in [-0.25, -0.2) is 5.48 Å². The summed E-state index contributed by atoms with van der Waals surface area (Å²) in [5.74, 6) is -0.404. The monoisotopic (exact) mass is 373 g/mol. The zero-order valence-corrected chi connectivity index (χ0v) is 15.7. The summed E-state index contributed by atoms with van der Waals surface area (Å²) in [6, 6.07) is 11.2. The molecule has 0 radical (unpaired) electrons. The molecule has 1 fully saturated rings. The maximum absolute atomic E-state index is 12.7. The number of carbonyl (C=O) groups is 2. The molecule has 0 saturated carbocycles. The molecule has 3 rings (SSSR count). The van der Waals surface area contributed by atoms with Crippen molar-refractivity contribution in [2.45, 2.75) is 32.5 Å². The second kappa shape index (κ2) is 7.99. The zero-order chi connectivity index (χ0) is 18.7. The average Bonchev–Trinajstić information content (AvgIpc) is 3.15. The van der Waals surface area contributed by atoms with Crippen molar-refractivity contribution in [3.05, 3.63) is 57.8 Å². The van der Waals surface area contributed by atoms with E-state index in [1.807, 2.05) is 34.5 Å². The summed E-state index contributed by atoms with van der Waals surface area (Å²) in [6.07, 6.45) is 0. The Morgan fingerprint density at radius 2 is 1.81 bits per heavy atom. The number of piperazine rings is 1. The molecule has 7 heteroatoms. The summed E-state index contributed by atoms with van der Waals surface area (Å²) in [7, 11) is 0. The molecule has 1 aromatic carbocycles. The number of benzene rings is 1. The summed E-state index contributed by atoms with van der Waals surface area (Å²) in [4.78, 5) is 29.2. The first-order chi connectivity index (χ1) is 12.5. The number of nitrogens with zero attached hydrogens (tertiary/aromatic N) is 2. The standard InChI is InChI=1S/C19H23N3O3S/c1-13-10-21(12-15-5-7-16(8-6-15)18(23)20-25)11-14(2)22(13)19(24)17-4-3-9-26-17/h3-9,13-14,25H,10-12H2,1-2H3,(H,20,23)/t13-,14+. The first-order valence-corrected chi connectivity index (χ1v) is 9.49. The fraction of sp³-hybridized carbons (Fsp3) is 0.368. The third kappa shape index (κ3) is 3.95. The van der Waals surface area contributed by atoms with Crippen LogP contribution >= 0.6 is 11.3 Å². The Morgan fingerprint density at radius 3 is 2.35 bits per heavy atom. The molecule has 2 aromatic rings. The van der Waals surface area contributed by atoms with E-state index in [-0.39, 0.29) is 18.0 Å². The number of amides is 2. The van der Waals surface area contributed by atoms with Crippen LogP contribution in [-0.4, -0.2) is 52.0 Å². The van der Waals surface area contributed by atoms with Crippen molar-refractivity contribution in [1.29, 1.82) is 0 Å². The van der Waals surface area contributed by atoms with Crippen LogP contribution in [-0.2, 0) is 6.54 Å². The Balaban J connectivity index is 1.64. The lowest BCUT2D eigenvalue weighted by molar-refractivity contribution is 0.0272. The summed E-state index contributed by atoms with van der Waals surface area (Å²) < 4.78 is 0. The van der Waals surface area contributed by atoms with E-state index in [0.29, 0.717) is 5.56 Å². The zero-order valence-electron chi connectivity index (χ0n) is 14.9. The van der Waals surface area contributed by atoms with Crippen molar-refractivity contribution >= 4 is 23.2 Å². The van der Waals surface area contributed by atoms with E-state index in [1.54, 1.807) is 17.6 Å². The molecule has 0 spiro atoms. The van der Waals surface area contributed by atoms with Crippen LogP contribution < -0.4 is 5.48 Å². The van der Waals surface area contributed by atoms with Crippen LogP contribution in [0.1, 0.15) is 39.4 Å². The van der Waals surface area contributed by atoms with Crippen LogP contribution in [0.4, 0.5) is 0 Å². The molecule has 1 aliphatic rings. The first-order valence-electron chi connectivity index (χ1n) is 8.61. The fourth-order valence-corrected chi connectivity index (χ4v) is 4.24. The largest absolute Gasteiger partial charge is 0.330 e. The molecule has 0 bridgehead atoms. The number of hydrogen-bond acceptors (Lipinski definition) is 5. The van der Waals surface area contributed by atoms with E-state index in [4.69, 9.17) is 5.21 Å². The van der Waals surface area contributed by atoms with Gasteiger partial charge in [0.1, 0.15) is 0 Å². The van der Waals surface area contributed by atoms with Gasteiger partial charge in [0.25, 0.3) is 11.8 Å². The SMILES string of the molecule is C[C@@H]1CN(Cc2ccc(C(=O)NO)cc2)C[C@H](C)N1C(=O)c1cccs1. The van der Waals surface area contributed by atoms with Gasteiger partial charge in [-0.1, -0.05) is 18.2 Å². The number of hydroxylamine groups is 1. The van der Waals surface area contributed by atoms with Gasteiger partial charge in [-0.05, 0) is 43.0 Å². The quantitative estimate of drug-likeness (QED) is 0.638. The third-order valence-corrected chi connectivity index (χ3v) is 5.54. The van der Waals surface area contributed by atoms with Crippen LogP contribution in [0.2, 0.25) is 0 Å². The molecule has 2 atom stereocenters. The van der Waals surface area contributed by atoms with E-state index in [2.05, 4.69) is 18.7 Å². The number of carbonyl (C=O) groups excluding carboxylic acids is 2. The maximum Gasteiger partial charge on any atom is 0.274 e. The minimum Gasteiger partial charge on any atom is -0.330 e. The highest BCUT2D eigenvalue weighted by atomic mass is 32.1. The highest BCUT2D eigenvalue weighted by Crippen LogP contribution is 2.22. The van der Waals surface area contributed by atoms with Gasteiger partial charge in [0.05, 0.1) is 4.88 Å². The van der Waals surface area contributed by atoms with Crippen LogP contribution in [0.5, 0.6) is 0 Å². The summed E-state index contributed by atoms with van der Waals surface area (Å²) >= 11 is 1.48. The van der Waals surface area contributed by atoms with Crippen LogP contribution in [0.25, 0.3) is 0 Å². The molecule has 0 unspecified atom stereocenters. The van der Waals surface area contributed by atoms with Crippen LogP contribution in [0, 0.1) is 0 Å². The predicted molar refractivity (Wildman–Crippen MR) is 100 cm³/mol. The van der Waals surface area contributed by atoms with Crippen molar-refractivity contribution in [3.63, 3.8) is 0 Å². The van der Waals surface area contributed by atoms with Crippen molar-refractivity contribution in [2.75, 3.05) is 13.1 Å². The van der Waals surface area contributed by atoms with Gasteiger partial charge >= 0.3 is 0 Å². The van der Waals surface area contributed by atoms with Crippen molar-refractivity contribution < 1.29 is 14.8 Å². The molecule has 1 aromatic heterocycles. The molecule has 2 amide bonds. The molecule has 6 nitrogen and oxygen atoms in total. The Labute approximate surface area is 157 Å². The fourth-order valence-electron chi connectivity index (χ4n) is 3.57. The normalized spacial score (nSPS) is 20.8. The molecule has 0 aliphatic carbocycles. The molecule has 2 N–H and O–H groups in total. The van der Waals surface area contributed by atoms with Crippen molar-refractivity contribution in [2.24, 2.45) is 0 Å². The van der Waals surface area contributed by atoms with Gasteiger partial charge in [0, 0.05) is 37.3 Å². The predicted octanol–water partition coefficient (Wildman–Crippen LogP) is 2.60. The second-order valence-corrected chi connectivity index (χ2v) is 7.67. The molecular formula is C19H23N3O3S. The van der Waals surface area contributed by atoms with E-state index in [0.717, 1.165) is 30.1 Å². The molecule has 26 heavy (non-hydrogen) atoms. The van der Waals surface area contributed by atoms with E-state index in [1.165, 1.54) is 11.3 Å². The molecule has 138 valence electrons. The Kier molecular flexibility index (Phi) is 5.70. The van der Waals surface area contributed by atoms with Crippen molar-refractivity contribution in [3.8, 4) is 0 Å². The Morgan fingerprint density at radius 1 is 1.15 bits per heavy atom. The highest BCUT2D eigenvalue weighted by Gasteiger charge is 2.33. The average molecular weight is 373 g/mol. The summed E-state index contributed by atoms with van der Waals surface area (Å²) in [6.45, 7) is 6.54. The van der Waals surface area contributed by atoms with Gasteiger partial charge in [0.2, 0.25) is 0 Å². The maximum atomic E-state index is 12.7. The van der Waals surface area contributed by atoms with Gasteiger partial charge in [-0.3, -0.25) is 19.7 Å². The van der Waals surface area contributed by atoms with E-state index < -0.39 is 5.91 Å². The Hall–Kier alpha value is -2.22. The van der Waals surface area contributed by atoms with E-state index in [9.17, 15) is 9.59 Å².